The zero-order valence-electron chi connectivity index (χ0n) is 11.7. The van der Waals surface area contributed by atoms with Gasteiger partial charge in [0, 0.05) is 12.5 Å². The average molecular weight is 256 g/mol. The molecule has 19 heavy (non-hydrogen) atoms. The van der Waals surface area contributed by atoms with Crippen molar-refractivity contribution >= 4 is 5.69 Å². The maximum Gasteiger partial charge on any atom is 0.147 e. The van der Waals surface area contributed by atoms with E-state index in [1.165, 1.54) is 11.1 Å². The quantitative estimate of drug-likeness (QED) is 0.894. The summed E-state index contributed by atoms with van der Waals surface area (Å²) in [5, 5.41) is 7.45. The monoisotopic (exact) mass is 256 g/mol. The predicted octanol–water partition coefficient (Wildman–Crippen LogP) is 3.41. The number of benzene rings is 1. The summed E-state index contributed by atoms with van der Waals surface area (Å²) in [5.41, 5.74) is 5.00. The molecule has 1 aliphatic carbocycles. The highest BCUT2D eigenvalue weighted by Gasteiger charge is 2.41. The van der Waals surface area contributed by atoms with E-state index in [9.17, 15) is 0 Å². The summed E-state index contributed by atoms with van der Waals surface area (Å²) < 4.78 is 5.18. The molecule has 100 valence electrons. The van der Waals surface area contributed by atoms with Crippen LogP contribution in [0.25, 0.3) is 0 Å². The third kappa shape index (κ3) is 1.84. The molecule has 2 atom stereocenters. The van der Waals surface area contributed by atoms with Crippen molar-refractivity contribution in [1.29, 1.82) is 0 Å². The van der Waals surface area contributed by atoms with E-state index >= 15 is 0 Å². The van der Waals surface area contributed by atoms with Crippen molar-refractivity contribution in [2.24, 2.45) is 5.92 Å². The van der Waals surface area contributed by atoms with Gasteiger partial charge in [-0.1, -0.05) is 43.3 Å². The fourth-order valence-electron chi connectivity index (χ4n) is 3.20. The Hall–Kier alpha value is -1.77. The summed E-state index contributed by atoms with van der Waals surface area (Å²) in [6.07, 6.45) is 3.82. The molecule has 0 spiro atoms. The second-order valence-electron chi connectivity index (χ2n) is 5.79. The van der Waals surface area contributed by atoms with Gasteiger partial charge in [0.05, 0.1) is 5.69 Å². The van der Waals surface area contributed by atoms with Crippen molar-refractivity contribution in [3.8, 4) is 0 Å². The topological polar surface area (TPSA) is 38.1 Å². The van der Waals surface area contributed by atoms with E-state index in [2.05, 4.69) is 48.6 Å². The van der Waals surface area contributed by atoms with E-state index < -0.39 is 0 Å². The largest absolute Gasteiger partial charge is 0.384 e. The fraction of sp³-hybridized carbons (Fsp3) is 0.438. The zero-order chi connectivity index (χ0) is 13.5. The molecule has 0 amide bonds. The van der Waals surface area contributed by atoms with Crippen LogP contribution in [-0.4, -0.2) is 12.2 Å². The molecule has 0 saturated heterocycles. The highest BCUT2D eigenvalue weighted by Crippen LogP contribution is 2.43. The van der Waals surface area contributed by atoms with Crippen molar-refractivity contribution < 1.29 is 4.52 Å². The van der Waals surface area contributed by atoms with E-state index in [0.29, 0.717) is 5.92 Å². The molecule has 3 heteroatoms. The Kier molecular flexibility index (Phi) is 2.85. The van der Waals surface area contributed by atoms with Gasteiger partial charge in [0.25, 0.3) is 0 Å². The fourth-order valence-corrected chi connectivity index (χ4v) is 3.20. The van der Waals surface area contributed by atoms with Crippen molar-refractivity contribution in [3.63, 3.8) is 0 Å². The number of nitrogens with zero attached hydrogens (tertiary/aromatic N) is 1. The smallest absolute Gasteiger partial charge is 0.147 e. The molecule has 2 unspecified atom stereocenters. The van der Waals surface area contributed by atoms with Gasteiger partial charge in [0.1, 0.15) is 12.0 Å². The molecular formula is C16H20N2O. The molecule has 1 N–H and O–H groups in total. The van der Waals surface area contributed by atoms with Crippen LogP contribution in [0.5, 0.6) is 0 Å². The van der Waals surface area contributed by atoms with Gasteiger partial charge in [-0.3, -0.25) is 0 Å². The maximum absolute atomic E-state index is 5.18. The van der Waals surface area contributed by atoms with Crippen LogP contribution in [0.4, 0.5) is 5.69 Å². The SMILES string of the molecule is CNc1conc1C1(C)Cc2ccccc2CC1C. The first-order valence-electron chi connectivity index (χ1n) is 6.84. The molecule has 0 saturated carbocycles. The minimum absolute atomic E-state index is 0.0275. The molecular weight excluding hydrogens is 236 g/mol. The molecule has 3 rings (SSSR count). The van der Waals surface area contributed by atoms with Crippen LogP contribution in [-0.2, 0) is 18.3 Å². The second-order valence-corrected chi connectivity index (χ2v) is 5.79. The van der Waals surface area contributed by atoms with E-state index in [1.807, 2.05) is 7.05 Å². The standard InChI is InChI=1S/C16H20N2O/c1-11-8-12-6-4-5-7-13(12)9-16(11,2)15-14(17-3)10-19-18-15/h4-7,10-11,17H,8-9H2,1-3H3. The lowest BCUT2D eigenvalue weighted by molar-refractivity contribution is 0.268. The van der Waals surface area contributed by atoms with Crippen LogP contribution in [0.2, 0.25) is 0 Å². The first kappa shape index (κ1) is 12.3. The number of hydrogen-bond acceptors (Lipinski definition) is 3. The molecule has 0 aliphatic heterocycles. The molecule has 2 aromatic rings. The van der Waals surface area contributed by atoms with Gasteiger partial charge >= 0.3 is 0 Å². The van der Waals surface area contributed by atoms with Crippen molar-refractivity contribution in [1.82, 2.24) is 5.16 Å². The van der Waals surface area contributed by atoms with E-state index in [4.69, 9.17) is 4.52 Å². The summed E-state index contributed by atoms with van der Waals surface area (Å²) in [4.78, 5) is 0. The Bertz CT molecular complexity index is 590. The lowest BCUT2D eigenvalue weighted by Gasteiger charge is -2.39. The molecule has 0 fully saturated rings. The van der Waals surface area contributed by atoms with Crippen LogP contribution >= 0.6 is 0 Å². The van der Waals surface area contributed by atoms with E-state index in [1.54, 1.807) is 6.26 Å². The van der Waals surface area contributed by atoms with Crippen LogP contribution in [0.1, 0.15) is 30.7 Å². The van der Waals surface area contributed by atoms with Gasteiger partial charge in [0.2, 0.25) is 0 Å². The van der Waals surface area contributed by atoms with Crippen LogP contribution in [0.3, 0.4) is 0 Å². The second kappa shape index (κ2) is 4.41. The molecule has 1 aromatic carbocycles. The summed E-state index contributed by atoms with van der Waals surface area (Å²) in [7, 11) is 1.92. The highest BCUT2D eigenvalue weighted by molar-refractivity contribution is 5.50. The van der Waals surface area contributed by atoms with Gasteiger partial charge in [-0.25, -0.2) is 0 Å². The summed E-state index contributed by atoms with van der Waals surface area (Å²) >= 11 is 0. The highest BCUT2D eigenvalue weighted by atomic mass is 16.5. The normalized spacial score (nSPS) is 25.9. The van der Waals surface area contributed by atoms with Crippen LogP contribution < -0.4 is 5.32 Å². The average Bonchev–Trinajstić information content (AvgIpc) is 2.89. The lowest BCUT2D eigenvalue weighted by Crippen LogP contribution is -2.38. The van der Waals surface area contributed by atoms with Crippen molar-refractivity contribution in [3.05, 3.63) is 47.3 Å². The molecule has 0 radical (unpaired) electrons. The van der Waals surface area contributed by atoms with Crippen molar-refractivity contribution in [2.45, 2.75) is 32.1 Å². The number of nitrogens with one attached hydrogen (secondary N) is 1. The van der Waals surface area contributed by atoms with E-state index in [-0.39, 0.29) is 5.41 Å². The zero-order valence-corrected chi connectivity index (χ0v) is 11.7. The van der Waals surface area contributed by atoms with E-state index in [0.717, 1.165) is 24.2 Å². The minimum Gasteiger partial charge on any atom is -0.384 e. The molecule has 3 nitrogen and oxygen atoms in total. The maximum atomic E-state index is 5.18. The number of anilines is 1. The van der Waals surface area contributed by atoms with Gasteiger partial charge < -0.3 is 9.84 Å². The number of hydrogen-bond donors (Lipinski definition) is 1. The van der Waals surface area contributed by atoms with Gasteiger partial charge in [-0.05, 0) is 29.9 Å². The third-order valence-electron chi connectivity index (χ3n) is 4.67. The molecule has 1 aromatic heterocycles. The lowest BCUT2D eigenvalue weighted by atomic mass is 9.64. The Morgan fingerprint density at radius 1 is 1.32 bits per heavy atom. The van der Waals surface area contributed by atoms with Crippen molar-refractivity contribution in [2.75, 3.05) is 12.4 Å². The number of fused-ring (bicyclic) bond motifs is 1. The number of rotatable bonds is 2. The van der Waals surface area contributed by atoms with Crippen LogP contribution in [0.15, 0.2) is 35.1 Å². The number of aromatic nitrogens is 1. The minimum atomic E-state index is 0.0275. The first-order valence-corrected chi connectivity index (χ1v) is 6.84. The first-order chi connectivity index (χ1) is 9.15. The Morgan fingerprint density at radius 2 is 2.05 bits per heavy atom. The van der Waals surface area contributed by atoms with Gasteiger partial charge in [-0.15, -0.1) is 0 Å². The van der Waals surface area contributed by atoms with Crippen LogP contribution in [0, 0.1) is 5.92 Å². The van der Waals surface area contributed by atoms with Gasteiger partial charge in [0.15, 0.2) is 0 Å². The summed E-state index contributed by atoms with van der Waals surface area (Å²) in [6.45, 7) is 4.61. The Morgan fingerprint density at radius 3 is 2.79 bits per heavy atom. The summed E-state index contributed by atoms with van der Waals surface area (Å²) in [5.74, 6) is 0.541. The molecule has 0 bridgehead atoms. The molecule has 1 heterocycles. The predicted molar refractivity (Wildman–Crippen MR) is 76.4 cm³/mol. The summed E-state index contributed by atoms with van der Waals surface area (Å²) in [6, 6.07) is 8.73. The molecule has 1 aliphatic rings. The third-order valence-corrected chi connectivity index (χ3v) is 4.67. The Labute approximate surface area is 114 Å². The Balaban J connectivity index is 2.06. The van der Waals surface area contributed by atoms with Gasteiger partial charge in [-0.2, -0.15) is 0 Å².